The van der Waals surface area contributed by atoms with Crippen LogP contribution in [-0.2, 0) is 0 Å². The first-order valence-electron chi connectivity index (χ1n) is 6.19. The van der Waals surface area contributed by atoms with Crippen molar-refractivity contribution in [2.24, 2.45) is 11.8 Å². The number of aryl methyl sites for hydroxylation is 1. The Hall–Kier alpha value is -1.05. The smallest absolute Gasteiger partial charge is 0.213 e. The summed E-state index contributed by atoms with van der Waals surface area (Å²) in [6.45, 7) is 9.63. The molecule has 0 radical (unpaired) electrons. The summed E-state index contributed by atoms with van der Waals surface area (Å²) < 4.78 is 5.62. The van der Waals surface area contributed by atoms with E-state index in [-0.39, 0.29) is 0 Å². The third kappa shape index (κ3) is 4.21. The largest absolute Gasteiger partial charge is 0.478 e. The van der Waals surface area contributed by atoms with E-state index >= 15 is 0 Å². The van der Waals surface area contributed by atoms with E-state index in [1.807, 2.05) is 25.3 Å². The summed E-state index contributed by atoms with van der Waals surface area (Å²) in [7, 11) is 0. The van der Waals surface area contributed by atoms with Gasteiger partial charge in [0.05, 0.1) is 6.61 Å². The second-order valence-electron chi connectivity index (χ2n) is 4.67. The van der Waals surface area contributed by atoms with Crippen molar-refractivity contribution >= 4 is 0 Å². The first kappa shape index (κ1) is 13.0. The van der Waals surface area contributed by atoms with Crippen molar-refractivity contribution in [3.8, 4) is 5.88 Å². The first-order valence-corrected chi connectivity index (χ1v) is 6.19. The van der Waals surface area contributed by atoms with E-state index in [1.165, 1.54) is 12.0 Å². The molecule has 0 N–H and O–H groups in total. The zero-order valence-electron chi connectivity index (χ0n) is 10.9. The summed E-state index contributed by atoms with van der Waals surface area (Å²) >= 11 is 0. The van der Waals surface area contributed by atoms with Gasteiger partial charge in [0.15, 0.2) is 0 Å². The molecule has 1 rings (SSSR count). The van der Waals surface area contributed by atoms with Crippen LogP contribution in [0.4, 0.5) is 0 Å². The minimum absolute atomic E-state index is 0.718. The molecule has 90 valence electrons. The topological polar surface area (TPSA) is 22.1 Å². The Morgan fingerprint density at radius 2 is 2.00 bits per heavy atom. The van der Waals surface area contributed by atoms with Crippen molar-refractivity contribution in [2.45, 2.75) is 40.5 Å². The van der Waals surface area contributed by atoms with Gasteiger partial charge in [-0.2, -0.15) is 0 Å². The molecular weight excluding hydrogens is 198 g/mol. The molecule has 0 aliphatic rings. The number of nitrogens with zero attached hydrogens (tertiary/aromatic N) is 1. The molecule has 2 heteroatoms. The van der Waals surface area contributed by atoms with Crippen LogP contribution in [0.3, 0.4) is 0 Å². The number of hydrogen-bond donors (Lipinski definition) is 0. The van der Waals surface area contributed by atoms with Gasteiger partial charge in [-0.25, -0.2) is 4.98 Å². The second-order valence-corrected chi connectivity index (χ2v) is 4.67. The number of hydrogen-bond acceptors (Lipinski definition) is 2. The lowest BCUT2D eigenvalue weighted by molar-refractivity contribution is 0.243. The first-order chi connectivity index (χ1) is 7.63. The fourth-order valence-electron chi connectivity index (χ4n) is 1.58. The average molecular weight is 221 g/mol. The van der Waals surface area contributed by atoms with Crippen molar-refractivity contribution in [2.75, 3.05) is 6.61 Å². The summed E-state index contributed by atoms with van der Waals surface area (Å²) in [4.78, 5) is 4.22. The fraction of sp³-hybridized carbons (Fsp3) is 0.643. The molecule has 0 saturated carbocycles. The molecule has 0 spiro atoms. The molecule has 1 heterocycles. The van der Waals surface area contributed by atoms with E-state index < -0.39 is 0 Å². The van der Waals surface area contributed by atoms with Crippen LogP contribution in [-0.4, -0.2) is 11.6 Å². The van der Waals surface area contributed by atoms with Gasteiger partial charge in [-0.1, -0.05) is 33.3 Å². The van der Waals surface area contributed by atoms with Crippen molar-refractivity contribution < 1.29 is 4.74 Å². The molecule has 0 amide bonds. The van der Waals surface area contributed by atoms with Gasteiger partial charge in [0, 0.05) is 12.3 Å². The van der Waals surface area contributed by atoms with Crippen LogP contribution >= 0.6 is 0 Å². The minimum Gasteiger partial charge on any atom is -0.478 e. The normalized spacial score (nSPS) is 14.5. The lowest BCUT2D eigenvalue weighted by Crippen LogP contribution is -2.11. The second kappa shape index (κ2) is 6.51. The van der Waals surface area contributed by atoms with E-state index in [0.717, 1.165) is 30.7 Å². The van der Waals surface area contributed by atoms with E-state index in [1.54, 1.807) is 0 Å². The summed E-state index contributed by atoms with van der Waals surface area (Å²) in [6, 6.07) is 3.96. The molecule has 0 aromatic carbocycles. The van der Waals surface area contributed by atoms with E-state index in [0.29, 0.717) is 0 Å². The van der Waals surface area contributed by atoms with Gasteiger partial charge in [0.25, 0.3) is 0 Å². The predicted octanol–water partition coefficient (Wildman–Crippen LogP) is 3.84. The van der Waals surface area contributed by atoms with Crippen molar-refractivity contribution in [1.82, 2.24) is 4.98 Å². The Morgan fingerprint density at radius 1 is 1.25 bits per heavy atom. The van der Waals surface area contributed by atoms with Gasteiger partial charge in [0.1, 0.15) is 0 Å². The van der Waals surface area contributed by atoms with Gasteiger partial charge >= 0.3 is 0 Å². The fourth-order valence-corrected chi connectivity index (χ4v) is 1.58. The van der Waals surface area contributed by atoms with Gasteiger partial charge in [-0.15, -0.1) is 0 Å². The van der Waals surface area contributed by atoms with Crippen molar-refractivity contribution in [1.29, 1.82) is 0 Å². The zero-order chi connectivity index (χ0) is 12.0. The maximum absolute atomic E-state index is 5.62. The van der Waals surface area contributed by atoms with Crippen LogP contribution in [0.2, 0.25) is 0 Å². The molecule has 16 heavy (non-hydrogen) atoms. The van der Waals surface area contributed by atoms with E-state index in [9.17, 15) is 0 Å². The lowest BCUT2D eigenvalue weighted by atomic mass is 9.91. The van der Waals surface area contributed by atoms with Crippen LogP contribution in [0.15, 0.2) is 18.3 Å². The molecule has 2 atom stereocenters. The zero-order valence-corrected chi connectivity index (χ0v) is 10.9. The Morgan fingerprint density at radius 3 is 2.56 bits per heavy atom. The molecule has 0 fully saturated rings. The number of aromatic nitrogens is 1. The molecule has 0 aliphatic carbocycles. The number of pyridine rings is 1. The van der Waals surface area contributed by atoms with Gasteiger partial charge in [0.2, 0.25) is 5.88 Å². The monoisotopic (exact) mass is 221 g/mol. The Labute approximate surface area is 99.0 Å². The van der Waals surface area contributed by atoms with Crippen molar-refractivity contribution in [3.63, 3.8) is 0 Å². The molecule has 1 unspecified atom stereocenters. The SMILES string of the molecule is CC[C@H](C)C(C)CCOc1ccc(C)cn1. The standard InChI is InChI=1S/C14H23NO/c1-5-12(3)13(4)8-9-16-14-7-6-11(2)10-15-14/h6-7,10,12-13H,5,8-9H2,1-4H3/t12-,13?/m0/s1. The molecule has 2 nitrogen and oxygen atoms in total. The molecule has 1 aromatic rings. The summed E-state index contributed by atoms with van der Waals surface area (Å²) in [5.41, 5.74) is 1.17. The Kier molecular flexibility index (Phi) is 5.30. The third-order valence-corrected chi connectivity index (χ3v) is 3.32. The van der Waals surface area contributed by atoms with E-state index in [4.69, 9.17) is 4.74 Å². The van der Waals surface area contributed by atoms with Gasteiger partial charge in [-0.05, 0) is 30.7 Å². The highest BCUT2D eigenvalue weighted by atomic mass is 16.5. The molecule has 0 bridgehead atoms. The van der Waals surface area contributed by atoms with Crippen molar-refractivity contribution in [3.05, 3.63) is 23.9 Å². The molecule has 0 saturated heterocycles. The average Bonchev–Trinajstić information content (AvgIpc) is 2.30. The number of ether oxygens (including phenoxy) is 1. The van der Waals surface area contributed by atoms with Gasteiger partial charge < -0.3 is 4.74 Å². The predicted molar refractivity (Wildman–Crippen MR) is 67.7 cm³/mol. The van der Waals surface area contributed by atoms with Crippen LogP contribution in [0.5, 0.6) is 5.88 Å². The lowest BCUT2D eigenvalue weighted by Gasteiger charge is -2.17. The van der Waals surface area contributed by atoms with Crippen LogP contribution in [0.1, 0.15) is 39.2 Å². The summed E-state index contributed by atoms with van der Waals surface area (Å²) in [5, 5.41) is 0. The van der Waals surface area contributed by atoms with Crippen LogP contribution in [0, 0.1) is 18.8 Å². The summed E-state index contributed by atoms with van der Waals surface area (Å²) in [6.07, 6.45) is 4.18. The molecule has 0 aliphatic heterocycles. The Bertz CT molecular complexity index is 294. The molecule has 1 aromatic heterocycles. The maximum Gasteiger partial charge on any atom is 0.213 e. The highest BCUT2D eigenvalue weighted by Crippen LogP contribution is 2.18. The molecular formula is C14H23NO. The number of rotatable bonds is 6. The van der Waals surface area contributed by atoms with E-state index in [2.05, 4.69) is 25.8 Å². The van der Waals surface area contributed by atoms with Crippen LogP contribution in [0.25, 0.3) is 0 Å². The quantitative estimate of drug-likeness (QED) is 0.728. The maximum atomic E-state index is 5.62. The van der Waals surface area contributed by atoms with Gasteiger partial charge in [-0.3, -0.25) is 0 Å². The van der Waals surface area contributed by atoms with Crippen LogP contribution < -0.4 is 4.74 Å². The highest BCUT2D eigenvalue weighted by molar-refractivity contribution is 5.16. The summed E-state index contributed by atoms with van der Waals surface area (Å²) in [5.74, 6) is 2.23. The highest BCUT2D eigenvalue weighted by Gasteiger charge is 2.09. The third-order valence-electron chi connectivity index (χ3n) is 3.32. The Balaban J connectivity index is 2.27. The minimum atomic E-state index is 0.718.